The summed E-state index contributed by atoms with van der Waals surface area (Å²) in [7, 11) is 0. The molecular formula is C15H13Cl2NO4. The van der Waals surface area contributed by atoms with E-state index in [1.807, 2.05) is 12.1 Å². The van der Waals surface area contributed by atoms with Crippen molar-refractivity contribution >= 4 is 29.1 Å². The van der Waals surface area contributed by atoms with Gasteiger partial charge in [-0.3, -0.25) is 4.79 Å². The van der Waals surface area contributed by atoms with Crippen molar-refractivity contribution in [2.24, 2.45) is 0 Å². The number of benzene rings is 2. The molecule has 7 heteroatoms. The monoisotopic (exact) mass is 341 g/mol. The zero-order valence-electron chi connectivity index (χ0n) is 11.3. The molecule has 2 aromatic carbocycles. The molecule has 0 bridgehead atoms. The molecule has 0 radical (unpaired) electrons. The number of halogens is 2. The van der Waals surface area contributed by atoms with Crippen LogP contribution in [0, 0.1) is 0 Å². The Morgan fingerprint density at radius 1 is 1.05 bits per heavy atom. The molecular weight excluding hydrogens is 329 g/mol. The molecule has 0 fully saturated rings. The van der Waals surface area contributed by atoms with Gasteiger partial charge in [0, 0.05) is 17.6 Å². The van der Waals surface area contributed by atoms with Gasteiger partial charge in [-0.05, 0) is 24.1 Å². The van der Waals surface area contributed by atoms with Gasteiger partial charge in [-0.1, -0.05) is 35.3 Å². The van der Waals surface area contributed by atoms with E-state index in [1.54, 1.807) is 12.1 Å². The Balaban J connectivity index is 2.04. The first kappa shape index (κ1) is 16.3. The number of aromatic hydroxyl groups is 3. The molecule has 0 aliphatic carbocycles. The van der Waals surface area contributed by atoms with Crippen LogP contribution in [0.2, 0.25) is 10.0 Å². The lowest BCUT2D eigenvalue weighted by atomic mass is 10.1. The number of amides is 1. The summed E-state index contributed by atoms with van der Waals surface area (Å²) >= 11 is 11.4. The van der Waals surface area contributed by atoms with Gasteiger partial charge in [0.05, 0.1) is 0 Å². The number of carbonyl (C=O) groups excluding carboxylic acids is 1. The molecule has 5 nitrogen and oxygen atoms in total. The van der Waals surface area contributed by atoms with Crippen LogP contribution in [-0.4, -0.2) is 27.8 Å². The third-order valence-corrected chi connectivity index (χ3v) is 3.66. The second kappa shape index (κ2) is 6.77. The summed E-state index contributed by atoms with van der Waals surface area (Å²) in [6.07, 6.45) is 0.552. The van der Waals surface area contributed by atoms with Crippen LogP contribution in [0.15, 0.2) is 30.3 Å². The molecule has 0 aliphatic heterocycles. The van der Waals surface area contributed by atoms with E-state index in [0.717, 1.165) is 11.6 Å². The molecule has 0 unspecified atom stereocenters. The van der Waals surface area contributed by atoms with Crippen LogP contribution in [0.5, 0.6) is 17.2 Å². The van der Waals surface area contributed by atoms with E-state index in [2.05, 4.69) is 5.32 Å². The van der Waals surface area contributed by atoms with Gasteiger partial charge in [-0.15, -0.1) is 0 Å². The summed E-state index contributed by atoms with van der Waals surface area (Å²) in [6, 6.07) is 8.06. The Bertz CT molecular complexity index is 702. The Morgan fingerprint density at radius 2 is 1.68 bits per heavy atom. The number of carbonyl (C=O) groups is 1. The second-order valence-electron chi connectivity index (χ2n) is 4.58. The quantitative estimate of drug-likeness (QED) is 0.687. The average Bonchev–Trinajstić information content (AvgIpc) is 2.47. The molecule has 0 aromatic heterocycles. The van der Waals surface area contributed by atoms with Gasteiger partial charge in [-0.2, -0.15) is 0 Å². The lowest BCUT2D eigenvalue weighted by Gasteiger charge is -2.10. The van der Waals surface area contributed by atoms with Crippen LogP contribution >= 0.6 is 23.2 Å². The van der Waals surface area contributed by atoms with Gasteiger partial charge in [0.1, 0.15) is 22.1 Å². The van der Waals surface area contributed by atoms with E-state index in [1.165, 1.54) is 0 Å². The summed E-state index contributed by atoms with van der Waals surface area (Å²) in [5.74, 6) is -2.41. The lowest BCUT2D eigenvalue weighted by molar-refractivity contribution is 0.0948. The minimum absolute atomic E-state index is 0.290. The zero-order valence-corrected chi connectivity index (χ0v) is 12.8. The molecule has 4 N–H and O–H groups in total. The Labute approximate surface area is 136 Å². The van der Waals surface area contributed by atoms with E-state index in [4.69, 9.17) is 23.2 Å². The standard InChI is InChI=1S/C15H13Cl2NO4/c16-9-3-1-8(2-4-9)5-6-18-15(22)12-10(19)7-11(20)13(17)14(12)21/h1-4,7,19-21H,5-6H2,(H,18,22). The number of hydrogen-bond donors (Lipinski definition) is 4. The normalized spacial score (nSPS) is 10.5. The average molecular weight is 342 g/mol. The summed E-state index contributed by atoms with van der Waals surface area (Å²) < 4.78 is 0. The van der Waals surface area contributed by atoms with Crippen molar-refractivity contribution in [2.75, 3.05) is 6.54 Å². The van der Waals surface area contributed by atoms with Crippen molar-refractivity contribution in [2.45, 2.75) is 6.42 Å². The molecule has 0 saturated heterocycles. The highest BCUT2D eigenvalue weighted by atomic mass is 35.5. The molecule has 1 amide bonds. The van der Waals surface area contributed by atoms with Crippen LogP contribution in [0.25, 0.3) is 0 Å². The first-order chi connectivity index (χ1) is 10.4. The van der Waals surface area contributed by atoms with Crippen molar-refractivity contribution < 1.29 is 20.1 Å². The molecule has 0 aliphatic rings. The van der Waals surface area contributed by atoms with Crippen LogP contribution in [0.3, 0.4) is 0 Å². The van der Waals surface area contributed by atoms with E-state index in [9.17, 15) is 20.1 Å². The first-order valence-electron chi connectivity index (χ1n) is 6.36. The van der Waals surface area contributed by atoms with Gasteiger partial charge in [0.2, 0.25) is 0 Å². The van der Waals surface area contributed by atoms with Crippen LogP contribution in [-0.2, 0) is 6.42 Å². The fourth-order valence-corrected chi connectivity index (χ4v) is 2.18. The minimum Gasteiger partial charge on any atom is -0.507 e. The van der Waals surface area contributed by atoms with Gasteiger partial charge in [-0.25, -0.2) is 0 Å². The second-order valence-corrected chi connectivity index (χ2v) is 5.40. The molecule has 2 rings (SSSR count). The van der Waals surface area contributed by atoms with Crippen molar-refractivity contribution in [3.63, 3.8) is 0 Å². The number of hydrogen-bond acceptors (Lipinski definition) is 4. The lowest BCUT2D eigenvalue weighted by Crippen LogP contribution is -2.25. The van der Waals surface area contributed by atoms with Crippen molar-refractivity contribution in [3.05, 3.63) is 51.5 Å². The Hall–Kier alpha value is -2.11. The highest BCUT2D eigenvalue weighted by Gasteiger charge is 2.21. The molecule has 0 atom stereocenters. The number of phenolic OH excluding ortho intramolecular Hbond substituents is 3. The maximum absolute atomic E-state index is 12.0. The van der Waals surface area contributed by atoms with E-state index < -0.39 is 23.2 Å². The van der Waals surface area contributed by atoms with Crippen molar-refractivity contribution in [1.82, 2.24) is 5.32 Å². The largest absolute Gasteiger partial charge is 0.507 e. The molecule has 0 heterocycles. The van der Waals surface area contributed by atoms with Gasteiger partial charge >= 0.3 is 0 Å². The van der Waals surface area contributed by atoms with Crippen molar-refractivity contribution in [3.8, 4) is 17.2 Å². The Kier molecular flexibility index (Phi) is 5.00. The van der Waals surface area contributed by atoms with E-state index in [-0.39, 0.29) is 17.1 Å². The highest BCUT2D eigenvalue weighted by molar-refractivity contribution is 6.34. The van der Waals surface area contributed by atoms with E-state index >= 15 is 0 Å². The topological polar surface area (TPSA) is 89.8 Å². The summed E-state index contributed by atoms with van der Waals surface area (Å²) in [6.45, 7) is 0.290. The summed E-state index contributed by atoms with van der Waals surface area (Å²) in [5.41, 5.74) is 0.598. The fourth-order valence-electron chi connectivity index (χ4n) is 1.90. The number of phenols is 3. The Morgan fingerprint density at radius 3 is 2.32 bits per heavy atom. The molecule has 22 heavy (non-hydrogen) atoms. The fraction of sp³-hybridized carbons (Fsp3) is 0.133. The van der Waals surface area contributed by atoms with Crippen LogP contribution in [0.4, 0.5) is 0 Å². The van der Waals surface area contributed by atoms with Gasteiger partial charge in [0.15, 0.2) is 5.75 Å². The van der Waals surface area contributed by atoms with Crippen LogP contribution < -0.4 is 5.32 Å². The zero-order chi connectivity index (χ0) is 16.3. The smallest absolute Gasteiger partial charge is 0.258 e. The number of rotatable bonds is 4. The predicted octanol–water partition coefficient (Wildman–Crippen LogP) is 3.08. The van der Waals surface area contributed by atoms with Gasteiger partial charge < -0.3 is 20.6 Å². The predicted molar refractivity (Wildman–Crippen MR) is 83.9 cm³/mol. The SMILES string of the molecule is O=C(NCCc1ccc(Cl)cc1)c1c(O)cc(O)c(Cl)c1O. The summed E-state index contributed by atoms with van der Waals surface area (Å²) in [4.78, 5) is 12.0. The summed E-state index contributed by atoms with van der Waals surface area (Å²) in [5, 5.41) is 31.5. The minimum atomic E-state index is -0.689. The maximum atomic E-state index is 12.0. The van der Waals surface area contributed by atoms with Crippen LogP contribution in [0.1, 0.15) is 15.9 Å². The third kappa shape index (κ3) is 3.55. The molecule has 0 spiro atoms. The molecule has 116 valence electrons. The van der Waals surface area contributed by atoms with E-state index in [0.29, 0.717) is 11.4 Å². The van der Waals surface area contributed by atoms with Crippen molar-refractivity contribution in [1.29, 1.82) is 0 Å². The highest BCUT2D eigenvalue weighted by Crippen LogP contribution is 2.40. The van der Waals surface area contributed by atoms with Gasteiger partial charge in [0.25, 0.3) is 5.91 Å². The molecule has 2 aromatic rings. The first-order valence-corrected chi connectivity index (χ1v) is 7.11. The molecule has 0 saturated carbocycles. The maximum Gasteiger partial charge on any atom is 0.258 e. The third-order valence-electron chi connectivity index (χ3n) is 3.04. The number of nitrogens with one attached hydrogen (secondary N) is 1.